The molecule has 1 aromatic rings. The lowest BCUT2D eigenvalue weighted by atomic mass is 10.2. The first-order valence-corrected chi connectivity index (χ1v) is 7.69. The average molecular weight is 314 g/mol. The fourth-order valence-corrected chi connectivity index (χ4v) is 4.52. The summed E-state index contributed by atoms with van der Waals surface area (Å²) in [6.45, 7) is 1.50. The van der Waals surface area contributed by atoms with E-state index in [1.165, 1.54) is 19.1 Å². The lowest BCUT2D eigenvalue weighted by Gasteiger charge is -2.21. The van der Waals surface area contributed by atoms with Crippen LogP contribution >= 0.6 is 0 Å². The van der Waals surface area contributed by atoms with Crippen molar-refractivity contribution in [1.29, 1.82) is 0 Å². The summed E-state index contributed by atoms with van der Waals surface area (Å²) in [5, 5.41) is 20.2. The monoisotopic (exact) mass is 314 g/mol. The maximum Gasteiger partial charge on any atom is 0.322 e. The van der Waals surface area contributed by atoms with Crippen LogP contribution in [0.1, 0.15) is 18.4 Å². The standard InChI is InChI=1S/C12H14N2O6S/c1-8-4-2-5-9(14(17)18)11(8)21(19,20)13-7-3-6-10(13)12(15)16/h2,4-5,10H,3,6-7H2,1H3,(H,15,16)/t10-/m1/s1. The SMILES string of the molecule is Cc1cccc([N+](=O)[O-])c1S(=O)(=O)N1CCC[C@@H]1C(=O)O. The molecule has 2 rings (SSSR count). The van der Waals surface area contributed by atoms with Gasteiger partial charge < -0.3 is 5.11 Å². The molecule has 0 saturated carbocycles. The summed E-state index contributed by atoms with van der Waals surface area (Å²) in [4.78, 5) is 21.0. The fraction of sp³-hybridized carbons (Fsp3) is 0.417. The highest BCUT2D eigenvalue weighted by molar-refractivity contribution is 7.89. The van der Waals surface area contributed by atoms with Crippen molar-refractivity contribution in [2.24, 2.45) is 0 Å². The van der Waals surface area contributed by atoms with Crippen molar-refractivity contribution < 1.29 is 23.2 Å². The molecular formula is C12H14N2O6S. The second-order valence-corrected chi connectivity index (χ2v) is 6.62. The van der Waals surface area contributed by atoms with Crippen LogP contribution < -0.4 is 0 Å². The van der Waals surface area contributed by atoms with Crippen LogP contribution in [-0.4, -0.2) is 41.3 Å². The second-order valence-electron chi connectivity index (χ2n) is 4.79. The van der Waals surface area contributed by atoms with E-state index < -0.39 is 37.5 Å². The van der Waals surface area contributed by atoms with Gasteiger partial charge in [0.1, 0.15) is 6.04 Å². The Balaban J connectivity index is 2.60. The zero-order chi connectivity index (χ0) is 15.8. The van der Waals surface area contributed by atoms with Crippen molar-refractivity contribution >= 4 is 21.7 Å². The molecule has 1 heterocycles. The molecule has 0 aliphatic carbocycles. The Labute approximate surface area is 121 Å². The van der Waals surface area contributed by atoms with Crippen molar-refractivity contribution in [3.05, 3.63) is 33.9 Å². The maximum atomic E-state index is 12.7. The summed E-state index contributed by atoms with van der Waals surface area (Å²) in [5.74, 6) is -1.24. The first-order chi connectivity index (χ1) is 9.76. The molecule has 1 fully saturated rings. The Morgan fingerprint density at radius 1 is 1.48 bits per heavy atom. The average Bonchev–Trinajstić information content (AvgIpc) is 2.88. The van der Waals surface area contributed by atoms with Gasteiger partial charge in [0.25, 0.3) is 15.7 Å². The fourth-order valence-electron chi connectivity index (χ4n) is 2.51. The number of nitrogens with zero attached hydrogens (tertiary/aromatic N) is 2. The number of nitro groups is 1. The number of carboxylic acids is 1. The van der Waals surface area contributed by atoms with E-state index in [0.717, 1.165) is 10.4 Å². The van der Waals surface area contributed by atoms with E-state index in [2.05, 4.69) is 0 Å². The largest absolute Gasteiger partial charge is 0.480 e. The lowest BCUT2D eigenvalue weighted by Crippen LogP contribution is -2.40. The van der Waals surface area contributed by atoms with E-state index in [1.807, 2.05) is 0 Å². The summed E-state index contributed by atoms with van der Waals surface area (Å²) in [7, 11) is -4.23. The Morgan fingerprint density at radius 3 is 2.71 bits per heavy atom. The van der Waals surface area contributed by atoms with E-state index in [9.17, 15) is 23.3 Å². The number of rotatable bonds is 4. The van der Waals surface area contributed by atoms with E-state index in [-0.39, 0.29) is 18.5 Å². The highest BCUT2D eigenvalue weighted by atomic mass is 32.2. The smallest absolute Gasteiger partial charge is 0.322 e. The molecule has 0 spiro atoms. The zero-order valence-electron chi connectivity index (χ0n) is 11.2. The Morgan fingerprint density at radius 2 is 2.14 bits per heavy atom. The molecule has 1 atom stereocenters. The Kier molecular flexibility index (Phi) is 3.97. The van der Waals surface area contributed by atoms with Gasteiger partial charge in [-0.2, -0.15) is 4.31 Å². The van der Waals surface area contributed by atoms with Crippen LogP contribution in [-0.2, 0) is 14.8 Å². The second kappa shape index (κ2) is 5.41. The first-order valence-electron chi connectivity index (χ1n) is 6.25. The van der Waals surface area contributed by atoms with Gasteiger partial charge in [-0.05, 0) is 25.3 Å². The summed E-state index contributed by atoms with van der Waals surface area (Å²) in [6, 6.07) is 2.77. The van der Waals surface area contributed by atoms with Crippen LogP contribution in [0.5, 0.6) is 0 Å². The summed E-state index contributed by atoms with van der Waals surface area (Å²) < 4.78 is 26.1. The van der Waals surface area contributed by atoms with Crippen LogP contribution in [0.3, 0.4) is 0 Å². The molecule has 1 saturated heterocycles. The topological polar surface area (TPSA) is 118 Å². The molecule has 0 bridgehead atoms. The van der Waals surface area contributed by atoms with Crippen LogP contribution in [0, 0.1) is 17.0 Å². The molecule has 1 aliphatic heterocycles. The van der Waals surface area contributed by atoms with E-state index in [1.54, 1.807) is 0 Å². The van der Waals surface area contributed by atoms with Gasteiger partial charge in [-0.15, -0.1) is 0 Å². The van der Waals surface area contributed by atoms with Crippen LogP contribution in [0.4, 0.5) is 5.69 Å². The lowest BCUT2D eigenvalue weighted by molar-refractivity contribution is -0.387. The van der Waals surface area contributed by atoms with Crippen LogP contribution in [0.15, 0.2) is 23.1 Å². The molecule has 0 aromatic heterocycles. The van der Waals surface area contributed by atoms with Crippen molar-refractivity contribution in [2.75, 3.05) is 6.54 Å². The zero-order valence-corrected chi connectivity index (χ0v) is 12.0. The molecule has 1 aromatic carbocycles. The highest BCUT2D eigenvalue weighted by Crippen LogP contribution is 2.33. The minimum Gasteiger partial charge on any atom is -0.480 e. The van der Waals surface area contributed by atoms with Crippen molar-refractivity contribution in [3.8, 4) is 0 Å². The quantitative estimate of drug-likeness (QED) is 0.657. The molecule has 0 amide bonds. The number of carbonyl (C=O) groups is 1. The third kappa shape index (κ3) is 2.61. The third-order valence-electron chi connectivity index (χ3n) is 3.44. The summed E-state index contributed by atoms with van der Waals surface area (Å²) in [5.41, 5.74) is -0.314. The normalized spacial score (nSPS) is 19.6. The van der Waals surface area contributed by atoms with Crippen molar-refractivity contribution in [2.45, 2.75) is 30.7 Å². The van der Waals surface area contributed by atoms with Crippen LogP contribution in [0.2, 0.25) is 0 Å². The highest BCUT2D eigenvalue weighted by Gasteiger charge is 2.42. The summed E-state index contributed by atoms with van der Waals surface area (Å²) >= 11 is 0. The number of hydrogen-bond donors (Lipinski definition) is 1. The molecule has 0 radical (unpaired) electrons. The predicted molar refractivity (Wildman–Crippen MR) is 72.4 cm³/mol. The number of sulfonamides is 1. The van der Waals surface area contributed by atoms with Gasteiger partial charge in [-0.3, -0.25) is 14.9 Å². The molecule has 0 unspecified atom stereocenters. The van der Waals surface area contributed by atoms with Gasteiger partial charge in [0.15, 0.2) is 4.90 Å². The van der Waals surface area contributed by atoms with Gasteiger partial charge in [0.05, 0.1) is 4.92 Å². The molecule has 21 heavy (non-hydrogen) atoms. The minimum atomic E-state index is -4.23. The Hall–Kier alpha value is -2.00. The van der Waals surface area contributed by atoms with Gasteiger partial charge in [-0.25, -0.2) is 8.42 Å². The minimum absolute atomic E-state index is 0.0464. The number of nitro benzene ring substituents is 1. The van der Waals surface area contributed by atoms with E-state index in [0.29, 0.717) is 6.42 Å². The molecule has 8 nitrogen and oxygen atoms in total. The molecular weight excluding hydrogens is 300 g/mol. The number of aliphatic carboxylic acids is 1. The molecule has 9 heteroatoms. The summed E-state index contributed by atoms with van der Waals surface area (Å²) in [6.07, 6.45) is 0.615. The number of aryl methyl sites for hydroxylation is 1. The third-order valence-corrected chi connectivity index (χ3v) is 5.54. The van der Waals surface area contributed by atoms with E-state index in [4.69, 9.17) is 5.11 Å². The molecule has 114 valence electrons. The van der Waals surface area contributed by atoms with Crippen molar-refractivity contribution in [3.63, 3.8) is 0 Å². The number of carboxylic acid groups (broad SMARTS) is 1. The van der Waals surface area contributed by atoms with Gasteiger partial charge >= 0.3 is 5.97 Å². The van der Waals surface area contributed by atoms with Crippen molar-refractivity contribution in [1.82, 2.24) is 4.31 Å². The van der Waals surface area contributed by atoms with E-state index >= 15 is 0 Å². The van der Waals surface area contributed by atoms with Gasteiger partial charge in [0, 0.05) is 12.6 Å². The van der Waals surface area contributed by atoms with Gasteiger partial charge in [-0.1, -0.05) is 12.1 Å². The number of hydrogen-bond acceptors (Lipinski definition) is 5. The Bertz CT molecular complexity index is 700. The predicted octanol–water partition coefficient (Wildman–Crippen LogP) is 1.14. The molecule has 1 aliphatic rings. The first kappa shape index (κ1) is 15.4. The molecule has 1 N–H and O–H groups in total. The van der Waals surface area contributed by atoms with Gasteiger partial charge in [0.2, 0.25) is 0 Å². The number of benzene rings is 1. The maximum absolute atomic E-state index is 12.7. The van der Waals surface area contributed by atoms with Crippen LogP contribution in [0.25, 0.3) is 0 Å².